The summed E-state index contributed by atoms with van der Waals surface area (Å²) in [4.78, 5) is 0. The van der Waals surface area contributed by atoms with Gasteiger partial charge in [0.05, 0.1) is 6.20 Å². The van der Waals surface area contributed by atoms with E-state index in [-0.39, 0.29) is 23.9 Å². The Morgan fingerprint density at radius 3 is 2.75 bits per heavy atom. The molecule has 2 rings (SSSR count). The monoisotopic (exact) mass is 299 g/mol. The first-order valence-electron chi connectivity index (χ1n) is 5.85. The van der Waals surface area contributed by atoms with Crippen LogP contribution >= 0.6 is 0 Å². The Labute approximate surface area is 116 Å². The number of para-hydroxylation sites is 1. The molecule has 0 saturated carbocycles. The van der Waals surface area contributed by atoms with Crippen molar-refractivity contribution in [3.8, 4) is 5.75 Å². The molecule has 8 heteroatoms. The van der Waals surface area contributed by atoms with Crippen LogP contribution < -0.4 is 4.74 Å². The van der Waals surface area contributed by atoms with Crippen LogP contribution in [0.3, 0.4) is 0 Å². The van der Waals surface area contributed by atoms with Gasteiger partial charge < -0.3 is 4.74 Å². The largest absolute Gasteiger partial charge is 0.489 e. The summed E-state index contributed by atoms with van der Waals surface area (Å²) in [6.07, 6.45) is 1.36. The van der Waals surface area contributed by atoms with Crippen LogP contribution in [0.5, 0.6) is 5.75 Å². The van der Waals surface area contributed by atoms with E-state index < -0.39 is 15.8 Å². The molecule has 1 heterocycles. The van der Waals surface area contributed by atoms with E-state index >= 15 is 0 Å². The quantitative estimate of drug-likeness (QED) is 0.871. The molecular weight excluding hydrogens is 285 g/mol. The Kier molecular flexibility index (Phi) is 4.35. The highest BCUT2D eigenvalue weighted by molar-refractivity contribution is 7.89. The van der Waals surface area contributed by atoms with E-state index in [1.54, 1.807) is 12.1 Å². The van der Waals surface area contributed by atoms with Gasteiger partial charge in [-0.2, -0.15) is 9.40 Å². The number of ether oxygens (including phenoxy) is 1. The molecule has 0 spiro atoms. The molecule has 0 aliphatic carbocycles. The van der Waals surface area contributed by atoms with Gasteiger partial charge in [-0.3, -0.25) is 5.10 Å². The van der Waals surface area contributed by atoms with Crippen LogP contribution in [0.4, 0.5) is 4.39 Å². The van der Waals surface area contributed by atoms with Gasteiger partial charge in [-0.15, -0.1) is 0 Å². The van der Waals surface area contributed by atoms with Crippen molar-refractivity contribution >= 4 is 10.0 Å². The summed E-state index contributed by atoms with van der Waals surface area (Å²) >= 11 is 0. The fraction of sp³-hybridized carbons (Fsp3) is 0.250. The Morgan fingerprint density at radius 1 is 1.35 bits per heavy atom. The topological polar surface area (TPSA) is 75.3 Å². The molecule has 1 N–H and O–H groups in total. The highest BCUT2D eigenvalue weighted by Crippen LogP contribution is 2.15. The van der Waals surface area contributed by atoms with Crippen LogP contribution in [0.1, 0.15) is 0 Å². The van der Waals surface area contributed by atoms with Crippen molar-refractivity contribution < 1.29 is 17.5 Å². The maximum atomic E-state index is 13.3. The van der Waals surface area contributed by atoms with Gasteiger partial charge in [-0.05, 0) is 18.2 Å². The molecule has 0 saturated heterocycles. The molecule has 2 aromatic rings. The molecule has 108 valence electrons. The van der Waals surface area contributed by atoms with Crippen molar-refractivity contribution in [2.45, 2.75) is 5.03 Å². The maximum Gasteiger partial charge on any atom is 0.259 e. The molecule has 1 aromatic carbocycles. The zero-order valence-corrected chi connectivity index (χ0v) is 11.6. The molecule has 1 aromatic heterocycles. The number of hydrogen-bond acceptors (Lipinski definition) is 4. The van der Waals surface area contributed by atoms with E-state index in [1.165, 1.54) is 31.4 Å². The van der Waals surface area contributed by atoms with Crippen LogP contribution in [-0.4, -0.2) is 43.1 Å². The molecule has 0 fully saturated rings. The third-order valence-electron chi connectivity index (χ3n) is 2.66. The summed E-state index contributed by atoms with van der Waals surface area (Å²) < 4.78 is 43.7. The van der Waals surface area contributed by atoms with Crippen molar-refractivity contribution in [3.05, 3.63) is 42.3 Å². The van der Waals surface area contributed by atoms with Crippen LogP contribution in [0.15, 0.2) is 41.6 Å². The first-order chi connectivity index (χ1) is 9.51. The minimum atomic E-state index is -3.62. The summed E-state index contributed by atoms with van der Waals surface area (Å²) in [7, 11) is -2.20. The van der Waals surface area contributed by atoms with Gasteiger partial charge in [0, 0.05) is 13.6 Å². The first-order valence-corrected chi connectivity index (χ1v) is 7.29. The number of nitrogens with one attached hydrogen (secondary N) is 1. The second-order valence-corrected chi connectivity index (χ2v) is 6.04. The number of likely N-dealkylation sites (N-methyl/N-ethyl adjacent to an activating group) is 1. The van der Waals surface area contributed by atoms with Gasteiger partial charge >= 0.3 is 0 Å². The number of aromatic amines is 1. The van der Waals surface area contributed by atoms with Crippen molar-refractivity contribution in [1.29, 1.82) is 0 Å². The molecule has 0 aliphatic heterocycles. The van der Waals surface area contributed by atoms with E-state index in [2.05, 4.69) is 10.2 Å². The summed E-state index contributed by atoms with van der Waals surface area (Å²) in [5, 5.41) is 6.00. The van der Waals surface area contributed by atoms with E-state index in [9.17, 15) is 12.8 Å². The number of benzene rings is 1. The Hall–Kier alpha value is -1.93. The second-order valence-electron chi connectivity index (χ2n) is 4.03. The zero-order chi connectivity index (χ0) is 14.6. The smallest absolute Gasteiger partial charge is 0.259 e. The van der Waals surface area contributed by atoms with Crippen molar-refractivity contribution in [3.63, 3.8) is 0 Å². The van der Waals surface area contributed by atoms with Gasteiger partial charge in [0.15, 0.2) is 16.6 Å². The Balaban J connectivity index is 1.93. The van der Waals surface area contributed by atoms with E-state index in [4.69, 9.17) is 4.74 Å². The Morgan fingerprint density at radius 2 is 2.10 bits per heavy atom. The molecule has 20 heavy (non-hydrogen) atoms. The minimum absolute atomic E-state index is 0.00546. The lowest BCUT2D eigenvalue weighted by Gasteiger charge is -2.16. The average Bonchev–Trinajstić information content (AvgIpc) is 2.95. The maximum absolute atomic E-state index is 13.3. The predicted molar refractivity (Wildman–Crippen MR) is 70.3 cm³/mol. The fourth-order valence-electron chi connectivity index (χ4n) is 1.52. The van der Waals surface area contributed by atoms with Gasteiger partial charge in [0.25, 0.3) is 10.0 Å². The molecule has 0 atom stereocenters. The Bertz CT molecular complexity index is 658. The van der Waals surface area contributed by atoms with E-state index in [0.29, 0.717) is 0 Å². The van der Waals surface area contributed by atoms with Gasteiger partial charge in [-0.25, -0.2) is 12.8 Å². The highest BCUT2D eigenvalue weighted by Gasteiger charge is 2.21. The van der Waals surface area contributed by atoms with E-state index in [0.717, 1.165) is 4.31 Å². The van der Waals surface area contributed by atoms with Crippen LogP contribution in [0, 0.1) is 5.82 Å². The number of nitrogens with zero attached hydrogens (tertiary/aromatic N) is 2. The van der Waals surface area contributed by atoms with Crippen molar-refractivity contribution in [2.75, 3.05) is 20.2 Å². The predicted octanol–water partition coefficient (Wildman–Crippen LogP) is 1.25. The summed E-state index contributed by atoms with van der Waals surface area (Å²) in [6, 6.07) is 7.32. The average molecular weight is 299 g/mol. The summed E-state index contributed by atoms with van der Waals surface area (Å²) in [5.74, 6) is -0.383. The third-order valence-corrected chi connectivity index (χ3v) is 4.45. The van der Waals surface area contributed by atoms with Crippen LogP contribution in [-0.2, 0) is 10.0 Å². The number of hydrogen-bond donors (Lipinski definition) is 1. The molecular formula is C12H14FN3O3S. The normalized spacial score (nSPS) is 11.8. The molecule has 6 nitrogen and oxygen atoms in total. The van der Waals surface area contributed by atoms with Crippen LogP contribution in [0.25, 0.3) is 0 Å². The lowest BCUT2D eigenvalue weighted by atomic mass is 10.3. The number of halogens is 1. The number of H-pyrrole nitrogens is 1. The molecule has 0 aliphatic rings. The molecule has 0 unspecified atom stereocenters. The molecule has 0 radical (unpaired) electrons. The standard InChI is InChI=1S/C12H14FN3O3S/c1-16(20(17,18)12-6-7-14-15-12)8-9-19-11-5-3-2-4-10(11)13/h2-7H,8-9H2,1H3,(H,14,15). The lowest BCUT2D eigenvalue weighted by molar-refractivity contribution is 0.275. The van der Waals surface area contributed by atoms with Crippen molar-refractivity contribution in [1.82, 2.24) is 14.5 Å². The zero-order valence-electron chi connectivity index (χ0n) is 10.8. The van der Waals surface area contributed by atoms with Gasteiger partial charge in [-0.1, -0.05) is 12.1 Å². The van der Waals surface area contributed by atoms with Crippen molar-refractivity contribution in [2.24, 2.45) is 0 Å². The third kappa shape index (κ3) is 3.14. The lowest BCUT2D eigenvalue weighted by Crippen LogP contribution is -2.31. The van der Waals surface area contributed by atoms with Crippen LogP contribution in [0.2, 0.25) is 0 Å². The first kappa shape index (κ1) is 14.5. The van der Waals surface area contributed by atoms with E-state index in [1.807, 2.05) is 0 Å². The van der Waals surface area contributed by atoms with Gasteiger partial charge in [0.2, 0.25) is 0 Å². The summed E-state index contributed by atoms with van der Waals surface area (Å²) in [5.41, 5.74) is 0. The molecule has 0 amide bonds. The number of rotatable bonds is 6. The minimum Gasteiger partial charge on any atom is -0.489 e. The SMILES string of the molecule is CN(CCOc1ccccc1F)S(=O)(=O)c1ccn[nH]1. The number of sulfonamides is 1. The highest BCUT2D eigenvalue weighted by atomic mass is 32.2. The fourth-order valence-corrected chi connectivity index (χ4v) is 2.57. The number of aromatic nitrogens is 2. The molecule has 0 bridgehead atoms. The summed E-state index contributed by atoms with van der Waals surface area (Å²) in [6.45, 7) is 0.139. The van der Waals surface area contributed by atoms with Gasteiger partial charge in [0.1, 0.15) is 6.61 Å². The second kappa shape index (κ2) is 6.02.